The molecule has 0 fully saturated rings. The van der Waals surface area contributed by atoms with Gasteiger partial charge in [-0.25, -0.2) is 22.5 Å². The van der Waals surface area contributed by atoms with Crippen molar-refractivity contribution in [2.24, 2.45) is 0 Å². The minimum atomic E-state index is -3.78. The standard InChI is InChI=1S/C13H12ClFN2O2S/c1-9(11-4-2-3-5-12(11)15)17-20(18,19)10-6-7-13(14)16-8-10/h2-9,17H,1H3. The summed E-state index contributed by atoms with van der Waals surface area (Å²) >= 11 is 5.61. The van der Waals surface area contributed by atoms with Crippen LogP contribution in [0.2, 0.25) is 5.15 Å². The highest BCUT2D eigenvalue weighted by Gasteiger charge is 2.20. The predicted octanol–water partition coefficient (Wildman–Crippen LogP) is 2.91. The lowest BCUT2D eigenvalue weighted by molar-refractivity contribution is 0.550. The van der Waals surface area contributed by atoms with E-state index in [0.29, 0.717) is 0 Å². The van der Waals surface area contributed by atoms with Gasteiger partial charge in [0.1, 0.15) is 15.9 Å². The van der Waals surface area contributed by atoms with Crippen LogP contribution in [0.25, 0.3) is 0 Å². The fourth-order valence-corrected chi connectivity index (χ4v) is 2.99. The summed E-state index contributed by atoms with van der Waals surface area (Å²) in [5.41, 5.74) is 0.276. The first kappa shape index (κ1) is 14.9. The molecule has 0 saturated heterocycles. The highest BCUT2D eigenvalue weighted by Crippen LogP contribution is 2.19. The number of benzene rings is 1. The van der Waals surface area contributed by atoms with E-state index in [4.69, 9.17) is 11.6 Å². The second kappa shape index (κ2) is 5.87. The molecule has 0 aliphatic carbocycles. The third kappa shape index (κ3) is 3.33. The normalized spacial score (nSPS) is 13.2. The van der Waals surface area contributed by atoms with Crippen LogP contribution in [0.1, 0.15) is 18.5 Å². The number of nitrogens with zero attached hydrogens (tertiary/aromatic N) is 1. The fraction of sp³-hybridized carbons (Fsp3) is 0.154. The van der Waals surface area contributed by atoms with Gasteiger partial charge in [-0.05, 0) is 25.1 Å². The molecular weight excluding hydrogens is 303 g/mol. The molecule has 0 spiro atoms. The molecule has 0 amide bonds. The number of nitrogens with one attached hydrogen (secondary N) is 1. The summed E-state index contributed by atoms with van der Waals surface area (Å²) in [7, 11) is -3.78. The first-order valence-electron chi connectivity index (χ1n) is 5.78. The third-order valence-electron chi connectivity index (χ3n) is 2.71. The number of halogens is 2. The Morgan fingerprint density at radius 1 is 1.25 bits per heavy atom. The first-order chi connectivity index (χ1) is 9.40. The van der Waals surface area contributed by atoms with Crippen LogP contribution in [0.3, 0.4) is 0 Å². The van der Waals surface area contributed by atoms with Gasteiger partial charge in [0.15, 0.2) is 0 Å². The van der Waals surface area contributed by atoms with Crippen molar-refractivity contribution in [3.63, 3.8) is 0 Å². The molecule has 1 aromatic heterocycles. The number of pyridine rings is 1. The maximum Gasteiger partial charge on any atom is 0.242 e. The predicted molar refractivity (Wildman–Crippen MR) is 74.4 cm³/mol. The topological polar surface area (TPSA) is 59.1 Å². The van der Waals surface area contributed by atoms with Crippen LogP contribution in [0.4, 0.5) is 4.39 Å². The quantitative estimate of drug-likeness (QED) is 0.883. The van der Waals surface area contributed by atoms with Gasteiger partial charge in [-0.15, -0.1) is 0 Å². The molecule has 2 aromatic rings. The van der Waals surface area contributed by atoms with E-state index in [2.05, 4.69) is 9.71 Å². The van der Waals surface area contributed by atoms with Crippen LogP contribution in [-0.2, 0) is 10.0 Å². The summed E-state index contributed by atoms with van der Waals surface area (Å²) in [5, 5.41) is 0.200. The van der Waals surface area contributed by atoms with Crippen LogP contribution < -0.4 is 4.72 Å². The largest absolute Gasteiger partial charge is 0.243 e. The summed E-state index contributed by atoms with van der Waals surface area (Å²) in [6, 6.07) is 8.02. The Kier molecular flexibility index (Phi) is 4.37. The molecule has 20 heavy (non-hydrogen) atoms. The highest BCUT2D eigenvalue weighted by atomic mass is 35.5. The van der Waals surface area contributed by atoms with Gasteiger partial charge in [0.05, 0.1) is 0 Å². The molecule has 0 saturated carbocycles. The van der Waals surface area contributed by atoms with Gasteiger partial charge >= 0.3 is 0 Å². The molecule has 1 unspecified atom stereocenters. The van der Waals surface area contributed by atoms with Crippen molar-refractivity contribution in [3.05, 3.63) is 59.1 Å². The summed E-state index contributed by atoms with van der Waals surface area (Å²) in [6.45, 7) is 1.57. The van der Waals surface area contributed by atoms with Gasteiger partial charge in [0.2, 0.25) is 10.0 Å². The average molecular weight is 315 g/mol. The zero-order chi connectivity index (χ0) is 14.8. The fourth-order valence-electron chi connectivity index (χ4n) is 1.71. The Morgan fingerprint density at radius 2 is 1.95 bits per heavy atom. The van der Waals surface area contributed by atoms with Crippen LogP contribution in [-0.4, -0.2) is 13.4 Å². The Bertz CT molecular complexity index is 705. The lowest BCUT2D eigenvalue weighted by Crippen LogP contribution is -2.27. The van der Waals surface area contributed by atoms with E-state index < -0.39 is 21.9 Å². The molecule has 1 aromatic carbocycles. The SMILES string of the molecule is CC(NS(=O)(=O)c1ccc(Cl)nc1)c1ccccc1F. The van der Waals surface area contributed by atoms with Crippen molar-refractivity contribution in [3.8, 4) is 0 Å². The van der Waals surface area contributed by atoms with Crippen LogP contribution in [0, 0.1) is 5.82 Å². The van der Waals surface area contributed by atoms with E-state index in [9.17, 15) is 12.8 Å². The van der Waals surface area contributed by atoms with Crippen LogP contribution in [0.15, 0.2) is 47.5 Å². The second-order valence-corrected chi connectivity index (χ2v) is 6.28. The van der Waals surface area contributed by atoms with Gasteiger partial charge in [0, 0.05) is 17.8 Å². The van der Waals surface area contributed by atoms with Gasteiger partial charge in [0.25, 0.3) is 0 Å². The molecule has 1 heterocycles. The molecule has 7 heteroatoms. The summed E-state index contributed by atoms with van der Waals surface area (Å²) in [5.74, 6) is -0.461. The lowest BCUT2D eigenvalue weighted by Gasteiger charge is -2.15. The van der Waals surface area contributed by atoms with E-state index in [1.807, 2.05) is 0 Å². The number of hydrogen-bond donors (Lipinski definition) is 1. The number of rotatable bonds is 4. The Hall–Kier alpha value is -1.50. The van der Waals surface area contributed by atoms with E-state index in [1.54, 1.807) is 19.1 Å². The monoisotopic (exact) mass is 314 g/mol. The van der Waals surface area contributed by atoms with Crippen LogP contribution in [0.5, 0.6) is 0 Å². The maximum absolute atomic E-state index is 13.6. The van der Waals surface area contributed by atoms with Gasteiger partial charge in [-0.2, -0.15) is 0 Å². The zero-order valence-electron chi connectivity index (χ0n) is 10.5. The van der Waals surface area contributed by atoms with Gasteiger partial charge in [-0.1, -0.05) is 29.8 Å². The molecule has 0 aliphatic heterocycles. The lowest BCUT2D eigenvalue weighted by atomic mass is 10.1. The van der Waals surface area contributed by atoms with Crippen molar-refractivity contribution in [2.45, 2.75) is 17.9 Å². The summed E-state index contributed by atoms with van der Waals surface area (Å²) < 4.78 is 40.2. The van der Waals surface area contributed by atoms with E-state index in [0.717, 1.165) is 6.20 Å². The molecule has 1 N–H and O–H groups in total. The second-order valence-electron chi connectivity index (χ2n) is 4.18. The molecule has 1 atom stereocenters. The summed E-state index contributed by atoms with van der Waals surface area (Å²) in [4.78, 5) is 3.69. The van der Waals surface area contributed by atoms with Crippen molar-refractivity contribution in [1.29, 1.82) is 0 Å². The first-order valence-corrected chi connectivity index (χ1v) is 7.64. The van der Waals surface area contributed by atoms with E-state index in [1.165, 1.54) is 24.3 Å². The molecule has 0 radical (unpaired) electrons. The smallest absolute Gasteiger partial charge is 0.242 e. The minimum Gasteiger partial charge on any atom is -0.243 e. The molecule has 0 aliphatic rings. The van der Waals surface area contributed by atoms with Gasteiger partial charge < -0.3 is 0 Å². The Morgan fingerprint density at radius 3 is 2.55 bits per heavy atom. The number of sulfonamides is 1. The summed E-state index contributed by atoms with van der Waals surface area (Å²) in [6.07, 6.45) is 1.15. The molecule has 2 rings (SSSR count). The van der Waals surface area contributed by atoms with E-state index in [-0.39, 0.29) is 15.6 Å². The maximum atomic E-state index is 13.6. The number of hydrogen-bond acceptors (Lipinski definition) is 3. The van der Waals surface area contributed by atoms with Crippen molar-refractivity contribution in [2.75, 3.05) is 0 Å². The van der Waals surface area contributed by atoms with Crippen molar-refractivity contribution < 1.29 is 12.8 Å². The van der Waals surface area contributed by atoms with Crippen LogP contribution >= 0.6 is 11.6 Å². The molecular formula is C13H12ClFN2O2S. The van der Waals surface area contributed by atoms with Gasteiger partial charge in [-0.3, -0.25) is 0 Å². The molecule has 0 bridgehead atoms. The number of aromatic nitrogens is 1. The Balaban J connectivity index is 2.24. The van der Waals surface area contributed by atoms with Crippen molar-refractivity contribution in [1.82, 2.24) is 9.71 Å². The van der Waals surface area contributed by atoms with E-state index >= 15 is 0 Å². The zero-order valence-corrected chi connectivity index (χ0v) is 12.1. The minimum absolute atomic E-state index is 0.0231. The average Bonchev–Trinajstić information content (AvgIpc) is 2.39. The molecule has 4 nitrogen and oxygen atoms in total. The highest BCUT2D eigenvalue weighted by molar-refractivity contribution is 7.89. The van der Waals surface area contributed by atoms with Crippen molar-refractivity contribution >= 4 is 21.6 Å². The third-order valence-corrected chi connectivity index (χ3v) is 4.46. The Labute approximate surface area is 121 Å². The molecule has 106 valence electrons.